The van der Waals surface area contributed by atoms with Gasteiger partial charge in [0.25, 0.3) is 0 Å². The first-order valence-corrected chi connectivity index (χ1v) is 21.1. The van der Waals surface area contributed by atoms with Crippen molar-refractivity contribution in [2.45, 2.75) is 19.6 Å². The molecule has 2 heterocycles. The Morgan fingerprint density at radius 3 is 1.36 bits per heavy atom. The first-order valence-electron chi connectivity index (χ1n) is 24.1. The van der Waals surface area contributed by atoms with E-state index in [1.54, 1.807) is 12.1 Å². The highest BCUT2D eigenvalue weighted by molar-refractivity contribution is 5.93. The Balaban J connectivity index is 1.08. The van der Waals surface area contributed by atoms with Crippen LogP contribution in [0.25, 0.3) is 100.0 Å². The largest absolute Gasteiger partial charge is 0.512 e. The smallest absolute Gasteiger partial charge is 0.159 e. The number of aliphatic hydroxyl groups excluding tert-OH is 1. The third-order valence-electron chi connectivity index (χ3n) is 11.6. The second-order valence-corrected chi connectivity index (χ2v) is 15.6. The van der Waals surface area contributed by atoms with Crippen LogP contribution in [0.3, 0.4) is 0 Å². The average Bonchev–Trinajstić information content (AvgIpc) is 3.39. The molecule has 64 heavy (non-hydrogen) atoms. The van der Waals surface area contributed by atoms with Crippen molar-refractivity contribution in [1.29, 1.82) is 0 Å². The molecule has 0 bridgehead atoms. The normalized spacial score (nSPS) is 13.5. The van der Waals surface area contributed by atoms with Crippen molar-refractivity contribution in [1.82, 2.24) is 9.97 Å². The van der Waals surface area contributed by atoms with Crippen LogP contribution in [0, 0.1) is 0 Å². The topological polar surface area (TPSA) is 63.1 Å². The molecule has 4 heteroatoms. The summed E-state index contributed by atoms with van der Waals surface area (Å²) in [5.74, 6) is -2.86. The number of hydrogen-bond donors (Lipinski definition) is 1. The number of aromatic nitrogens is 2. The lowest BCUT2D eigenvalue weighted by Gasteiger charge is -2.18. The molecule has 0 amide bonds. The van der Waals surface area contributed by atoms with Crippen molar-refractivity contribution in [3.8, 4) is 78.1 Å². The monoisotopic (exact) mass is 830 g/mol. The van der Waals surface area contributed by atoms with Crippen LogP contribution < -0.4 is 0 Å². The molecule has 0 saturated carbocycles. The molecule has 0 aliphatic carbocycles. The van der Waals surface area contributed by atoms with E-state index in [0.717, 1.165) is 94.4 Å². The maximum Gasteiger partial charge on any atom is 0.159 e. The van der Waals surface area contributed by atoms with Gasteiger partial charge in [-0.15, -0.1) is 0 Å². The van der Waals surface area contributed by atoms with Crippen LogP contribution in [0.5, 0.6) is 0 Å². The lowest BCUT2D eigenvalue weighted by molar-refractivity contribution is -0.114. The van der Waals surface area contributed by atoms with Crippen LogP contribution in [0.1, 0.15) is 27.0 Å². The standard InChI is InChI=1S/C60H44N2O2/c1-40(63)36-51(64)33-30-41-12-2-5-15-52(41)48-37-49(55-18-8-6-16-53(55)42-22-26-46(27-23-42)59-34-31-44-13-3-10-20-57(44)61-59)39-50(38-48)56-19-9-7-17-54(56)43-24-28-47(29-25-43)60-35-32-45-14-4-11-21-58(45)62-60/h2-29,31-32,34-39,63H,30,33H2,1H3/b40-36-/i1D3,33D2,36D. The first-order chi connectivity index (χ1) is 33.8. The minimum absolute atomic E-state index is 0.461. The minimum atomic E-state index is -3.14. The molecule has 1 N–H and O–H groups in total. The van der Waals surface area contributed by atoms with Gasteiger partial charge in [-0.1, -0.05) is 170 Å². The zero-order valence-corrected chi connectivity index (χ0v) is 34.7. The summed E-state index contributed by atoms with van der Waals surface area (Å²) in [4.78, 5) is 23.2. The first kappa shape index (κ1) is 33.4. The molecular weight excluding hydrogens is 781 g/mol. The van der Waals surface area contributed by atoms with E-state index < -0.39 is 37.2 Å². The highest BCUT2D eigenvalue weighted by Crippen LogP contribution is 2.41. The molecular formula is C60H44N2O2. The van der Waals surface area contributed by atoms with Crippen molar-refractivity contribution in [2.75, 3.05) is 0 Å². The van der Waals surface area contributed by atoms with Crippen LogP contribution in [0.15, 0.2) is 224 Å². The van der Waals surface area contributed by atoms with Crippen LogP contribution in [-0.2, 0) is 11.2 Å². The molecule has 0 spiro atoms. The van der Waals surface area contributed by atoms with E-state index in [9.17, 15) is 9.90 Å². The van der Waals surface area contributed by atoms with Crippen LogP contribution in [0.4, 0.5) is 0 Å². The highest BCUT2D eigenvalue weighted by atomic mass is 16.3. The maximum atomic E-state index is 13.4. The second kappa shape index (κ2) is 17.6. The molecule has 0 radical (unpaired) electrons. The lowest BCUT2D eigenvalue weighted by Crippen LogP contribution is -1.99. The molecule has 0 unspecified atom stereocenters. The maximum absolute atomic E-state index is 13.4. The van der Waals surface area contributed by atoms with Gasteiger partial charge in [0, 0.05) is 41.2 Å². The number of rotatable bonds is 11. The number of allylic oxidation sites excluding steroid dienone is 2. The van der Waals surface area contributed by atoms with Gasteiger partial charge in [-0.25, -0.2) is 9.97 Å². The third kappa shape index (κ3) is 8.37. The van der Waals surface area contributed by atoms with Gasteiger partial charge in [0.1, 0.15) is 0 Å². The Hall–Kier alpha value is -8.21. The zero-order chi connectivity index (χ0) is 48.6. The predicted molar refractivity (Wildman–Crippen MR) is 265 cm³/mol. The van der Waals surface area contributed by atoms with E-state index in [4.69, 9.17) is 18.2 Å². The van der Waals surface area contributed by atoms with E-state index in [0.29, 0.717) is 11.1 Å². The van der Waals surface area contributed by atoms with Gasteiger partial charge in [-0.2, -0.15) is 0 Å². The summed E-state index contributed by atoms with van der Waals surface area (Å²) >= 11 is 0. The summed E-state index contributed by atoms with van der Waals surface area (Å²) in [6.07, 6.45) is -3.21. The van der Waals surface area contributed by atoms with Gasteiger partial charge < -0.3 is 5.11 Å². The predicted octanol–water partition coefficient (Wildman–Crippen LogP) is 15.4. The van der Waals surface area contributed by atoms with E-state index >= 15 is 0 Å². The fraction of sp³-hybridized carbons (Fsp3) is 0.0500. The SMILES string of the molecule is [2H]/C(C(=O)C([2H])([2H])Cc1ccccc1-c1cc(-c2ccccc2-c2ccc(-c3ccc4ccccc4n3)cc2)cc(-c2ccccc2-c2ccc(-c3ccc4ccccc4n3)cc2)c1)=C(/O)C([2H])([2H])[2H]. The number of carbonyl (C=O) groups excluding carboxylic acids is 1. The lowest BCUT2D eigenvalue weighted by atomic mass is 9.86. The fourth-order valence-electron chi connectivity index (χ4n) is 8.45. The Bertz CT molecular complexity index is 3460. The van der Waals surface area contributed by atoms with Crippen molar-refractivity contribution < 1.29 is 18.1 Å². The zero-order valence-electron chi connectivity index (χ0n) is 40.7. The molecule has 0 atom stereocenters. The number of hydrogen-bond acceptors (Lipinski definition) is 4. The summed E-state index contributed by atoms with van der Waals surface area (Å²) < 4.78 is 48.4. The van der Waals surface area contributed by atoms with Crippen LogP contribution >= 0.6 is 0 Å². The summed E-state index contributed by atoms with van der Waals surface area (Å²) in [5.41, 5.74) is 15.1. The third-order valence-corrected chi connectivity index (χ3v) is 11.6. The number of fused-ring (bicyclic) bond motifs is 2. The molecule has 10 aromatic rings. The number of para-hydroxylation sites is 2. The molecule has 10 rings (SSSR count). The molecule has 306 valence electrons. The Morgan fingerprint density at radius 2 is 0.875 bits per heavy atom. The number of aryl methyl sites for hydroxylation is 1. The van der Waals surface area contributed by atoms with E-state index in [1.165, 1.54) is 0 Å². The molecule has 0 aliphatic heterocycles. The summed E-state index contributed by atoms with van der Waals surface area (Å²) in [6, 6.07) is 69.8. The number of carbonyl (C=O) groups is 1. The summed E-state index contributed by atoms with van der Waals surface area (Å²) in [6.45, 7) is -3.14. The number of nitrogens with zero attached hydrogens (tertiary/aromatic N) is 2. The van der Waals surface area contributed by atoms with Crippen molar-refractivity contribution >= 4 is 27.6 Å². The molecule has 2 aromatic heterocycles. The fourth-order valence-corrected chi connectivity index (χ4v) is 8.45. The molecule has 4 nitrogen and oxygen atoms in total. The average molecular weight is 831 g/mol. The summed E-state index contributed by atoms with van der Waals surface area (Å²) in [5, 5.41) is 12.4. The van der Waals surface area contributed by atoms with Crippen LogP contribution in [-0.4, -0.2) is 20.9 Å². The highest BCUT2D eigenvalue weighted by Gasteiger charge is 2.17. The quantitative estimate of drug-likeness (QED) is 0.104. The molecule has 8 aromatic carbocycles. The number of benzene rings is 8. The molecule has 0 aliphatic rings. The van der Waals surface area contributed by atoms with Gasteiger partial charge in [0.2, 0.25) is 0 Å². The number of aliphatic hydroxyl groups is 1. The minimum Gasteiger partial charge on any atom is -0.512 e. The number of pyridine rings is 2. The second-order valence-electron chi connectivity index (χ2n) is 15.6. The van der Waals surface area contributed by atoms with Gasteiger partial charge in [-0.3, -0.25) is 4.79 Å². The van der Waals surface area contributed by atoms with Crippen molar-refractivity contribution in [2.24, 2.45) is 0 Å². The van der Waals surface area contributed by atoms with Gasteiger partial charge in [-0.05, 0) is 117 Å². The Morgan fingerprint density at radius 1 is 0.484 bits per heavy atom. The molecule has 0 fully saturated rings. The van der Waals surface area contributed by atoms with Crippen molar-refractivity contribution in [3.05, 3.63) is 230 Å². The van der Waals surface area contributed by atoms with E-state index in [2.05, 4.69) is 115 Å². The summed E-state index contributed by atoms with van der Waals surface area (Å²) in [7, 11) is 0. The van der Waals surface area contributed by atoms with Crippen LogP contribution in [0.2, 0.25) is 0 Å². The number of ketones is 1. The van der Waals surface area contributed by atoms with E-state index in [-0.39, 0.29) is 0 Å². The van der Waals surface area contributed by atoms with Gasteiger partial charge in [0.05, 0.1) is 29.6 Å². The Kier molecular flexibility index (Phi) is 9.21. The van der Waals surface area contributed by atoms with Gasteiger partial charge in [0.15, 0.2) is 5.78 Å². The van der Waals surface area contributed by atoms with E-state index in [1.807, 2.05) is 84.9 Å². The van der Waals surface area contributed by atoms with Gasteiger partial charge >= 0.3 is 0 Å². The molecule has 0 saturated heterocycles. The van der Waals surface area contributed by atoms with Crippen molar-refractivity contribution in [3.63, 3.8) is 0 Å². The Labute approximate surface area is 382 Å².